The molecule has 2 aromatic carbocycles. The van der Waals surface area contributed by atoms with Gasteiger partial charge in [0, 0.05) is 26.2 Å². The highest BCUT2D eigenvalue weighted by Gasteiger charge is 2.25. The summed E-state index contributed by atoms with van der Waals surface area (Å²) < 4.78 is 33.0. The maximum absolute atomic E-state index is 13.0. The summed E-state index contributed by atoms with van der Waals surface area (Å²) in [4.78, 5) is 15.0. The van der Waals surface area contributed by atoms with Crippen LogP contribution in [0.1, 0.15) is 32.3 Å². The standard InChI is InChI=1S/C23H31N3O4S/c1-4-26(5-2)31(28,29)20-11-12-22(25-13-6-7-14-25)21(16-20)24-23(27)17-30-19-10-8-9-18(3)15-19/h8-12,15-16H,4-7,13-14,17H2,1-3H3,(H,24,27). The summed E-state index contributed by atoms with van der Waals surface area (Å²) in [6.07, 6.45) is 2.15. The van der Waals surface area contributed by atoms with Gasteiger partial charge in [0.1, 0.15) is 5.75 Å². The molecule has 0 spiro atoms. The molecule has 168 valence electrons. The van der Waals surface area contributed by atoms with Crippen LogP contribution in [0.3, 0.4) is 0 Å². The summed E-state index contributed by atoms with van der Waals surface area (Å²) in [5.74, 6) is 0.284. The number of nitrogens with zero attached hydrogens (tertiary/aromatic N) is 2. The van der Waals surface area contributed by atoms with Gasteiger partial charge in [0.15, 0.2) is 6.61 Å². The molecular weight excluding hydrogens is 414 g/mol. The van der Waals surface area contributed by atoms with Crippen LogP contribution in [0.15, 0.2) is 47.4 Å². The third-order valence-electron chi connectivity index (χ3n) is 5.39. The highest BCUT2D eigenvalue weighted by atomic mass is 32.2. The highest BCUT2D eigenvalue weighted by molar-refractivity contribution is 7.89. The van der Waals surface area contributed by atoms with E-state index in [9.17, 15) is 13.2 Å². The fraction of sp³-hybridized carbons (Fsp3) is 0.435. The topological polar surface area (TPSA) is 79.0 Å². The van der Waals surface area contributed by atoms with E-state index < -0.39 is 10.0 Å². The van der Waals surface area contributed by atoms with Gasteiger partial charge < -0.3 is 15.0 Å². The van der Waals surface area contributed by atoms with Crippen molar-refractivity contribution in [1.29, 1.82) is 0 Å². The number of aryl methyl sites for hydroxylation is 1. The van der Waals surface area contributed by atoms with Crippen LogP contribution >= 0.6 is 0 Å². The molecular formula is C23H31N3O4S. The normalized spacial score (nSPS) is 14.1. The van der Waals surface area contributed by atoms with Crippen LogP contribution in [0.5, 0.6) is 5.75 Å². The van der Waals surface area contributed by atoms with Crippen LogP contribution in [0.2, 0.25) is 0 Å². The van der Waals surface area contributed by atoms with Crippen molar-refractivity contribution in [2.45, 2.75) is 38.5 Å². The van der Waals surface area contributed by atoms with Crippen molar-refractivity contribution in [3.63, 3.8) is 0 Å². The van der Waals surface area contributed by atoms with Crippen LogP contribution in [-0.4, -0.2) is 51.4 Å². The van der Waals surface area contributed by atoms with Crippen molar-refractivity contribution < 1.29 is 17.9 Å². The zero-order chi connectivity index (χ0) is 22.4. The quantitative estimate of drug-likeness (QED) is 0.638. The summed E-state index contributed by atoms with van der Waals surface area (Å²) in [5, 5.41) is 2.87. The van der Waals surface area contributed by atoms with E-state index in [2.05, 4.69) is 10.2 Å². The van der Waals surface area contributed by atoms with Gasteiger partial charge >= 0.3 is 0 Å². The second-order valence-corrected chi connectivity index (χ2v) is 9.55. The lowest BCUT2D eigenvalue weighted by molar-refractivity contribution is -0.118. The largest absolute Gasteiger partial charge is 0.484 e. The minimum Gasteiger partial charge on any atom is -0.484 e. The number of amides is 1. The van der Waals surface area contributed by atoms with Crippen molar-refractivity contribution in [2.24, 2.45) is 0 Å². The minimum atomic E-state index is -3.63. The van der Waals surface area contributed by atoms with E-state index >= 15 is 0 Å². The van der Waals surface area contributed by atoms with Crippen molar-refractivity contribution >= 4 is 27.3 Å². The second kappa shape index (κ2) is 10.2. The number of anilines is 2. The second-order valence-electron chi connectivity index (χ2n) is 7.62. The Bertz CT molecular complexity index is 1010. The molecule has 1 saturated heterocycles. The first kappa shape index (κ1) is 23.1. The Morgan fingerprint density at radius 2 is 1.81 bits per heavy atom. The summed E-state index contributed by atoms with van der Waals surface area (Å²) in [5.41, 5.74) is 2.37. The third-order valence-corrected chi connectivity index (χ3v) is 7.44. The van der Waals surface area contributed by atoms with Crippen LogP contribution in [0.25, 0.3) is 0 Å². The van der Waals surface area contributed by atoms with Gasteiger partial charge in [-0.15, -0.1) is 0 Å². The first-order valence-electron chi connectivity index (χ1n) is 10.7. The van der Waals surface area contributed by atoms with Crippen molar-refractivity contribution in [2.75, 3.05) is 43.0 Å². The fourth-order valence-electron chi connectivity index (χ4n) is 3.76. The highest BCUT2D eigenvalue weighted by Crippen LogP contribution is 2.32. The molecule has 1 aliphatic rings. The van der Waals surface area contributed by atoms with Crippen molar-refractivity contribution in [3.05, 3.63) is 48.0 Å². The maximum Gasteiger partial charge on any atom is 0.262 e. The van der Waals surface area contributed by atoms with E-state index in [0.29, 0.717) is 24.5 Å². The van der Waals surface area contributed by atoms with E-state index in [0.717, 1.165) is 37.2 Å². The Hall–Kier alpha value is -2.58. The Kier molecular flexibility index (Phi) is 7.56. The number of carbonyl (C=O) groups is 1. The number of benzene rings is 2. The zero-order valence-electron chi connectivity index (χ0n) is 18.4. The molecule has 1 amide bonds. The molecule has 0 bridgehead atoms. The molecule has 8 heteroatoms. The van der Waals surface area contributed by atoms with Crippen LogP contribution < -0.4 is 15.0 Å². The molecule has 1 N–H and O–H groups in total. The molecule has 0 aliphatic carbocycles. The van der Waals surface area contributed by atoms with Gasteiger partial charge in [-0.3, -0.25) is 4.79 Å². The predicted molar refractivity (Wildman–Crippen MR) is 123 cm³/mol. The predicted octanol–water partition coefficient (Wildman–Crippen LogP) is 3.64. The molecule has 0 unspecified atom stereocenters. The zero-order valence-corrected chi connectivity index (χ0v) is 19.2. The lowest BCUT2D eigenvalue weighted by Crippen LogP contribution is -2.31. The number of ether oxygens (including phenoxy) is 1. The molecule has 3 rings (SSSR count). The maximum atomic E-state index is 13.0. The Morgan fingerprint density at radius 1 is 1.10 bits per heavy atom. The SMILES string of the molecule is CCN(CC)S(=O)(=O)c1ccc(N2CCCC2)c(NC(=O)COc2cccc(C)c2)c1. The molecule has 1 aliphatic heterocycles. The Labute approximate surface area is 185 Å². The van der Waals surface area contributed by atoms with E-state index in [-0.39, 0.29) is 17.4 Å². The Morgan fingerprint density at radius 3 is 2.45 bits per heavy atom. The molecule has 0 aromatic heterocycles. The van der Waals surface area contributed by atoms with Crippen LogP contribution in [0, 0.1) is 6.92 Å². The van der Waals surface area contributed by atoms with Gasteiger partial charge in [-0.25, -0.2) is 8.42 Å². The van der Waals surface area contributed by atoms with E-state index in [1.807, 2.05) is 39.0 Å². The van der Waals surface area contributed by atoms with Crippen LogP contribution in [0.4, 0.5) is 11.4 Å². The number of rotatable bonds is 9. The van der Waals surface area contributed by atoms with E-state index in [1.165, 1.54) is 4.31 Å². The molecule has 0 atom stereocenters. The third kappa shape index (κ3) is 5.57. The molecule has 7 nitrogen and oxygen atoms in total. The van der Waals surface area contributed by atoms with E-state index in [4.69, 9.17) is 4.74 Å². The molecule has 2 aromatic rings. The number of hydrogen-bond acceptors (Lipinski definition) is 5. The first-order chi connectivity index (χ1) is 14.8. The molecule has 0 radical (unpaired) electrons. The first-order valence-corrected chi connectivity index (χ1v) is 12.2. The van der Waals surface area contributed by atoms with Gasteiger partial charge in [-0.1, -0.05) is 26.0 Å². The van der Waals surface area contributed by atoms with Gasteiger partial charge in [-0.2, -0.15) is 4.31 Å². The van der Waals surface area contributed by atoms with Crippen molar-refractivity contribution in [3.8, 4) is 5.75 Å². The van der Waals surface area contributed by atoms with Gasteiger partial charge in [0.05, 0.1) is 16.3 Å². The average Bonchev–Trinajstić information content (AvgIpc) is 3.27. The number of carbonyl (C=O) groups excluding carboxylic acids is 1. The fourth-order valence-corrected chi connectivity index (χ4v) is 5.25. The molecule has 1 heterocycles. The van der Waals surface area contributed by atoms with Crippen molar-refractivity contribution in [1.82, 2.24) is 4.31 Å². The summed E-state index contributed by atoms with van der Waals surface area (Å²) >= 11 is 0. The number of hydrogen-bond donors (Lipinski definition) is 1. The van der Waals surface area contributed by atoms with Crippen LogP contribution in [-0.2, 0) is 14.8 Å². The lowest BCUT2D eigenvalue weighted by Gasteiger charge is -2.24. The number of sulfonamides is 1. The van der Waals surface area contributed by atoms with E-state index in [1.54, 1.807) is 24.3 Å². The smallest absolute Gasteiger partial charge is 0.262 e. The summed E-state index contributed by atoms with van der Waals surface area (Å²) in [6, 6.07) is 12.5. The Balaban J connectivity index is 1.84. The molecule has 0 saturated carbocycles. The summed E-state index contributed by atoms with van der Waals surface area (Å²) in [6.45, 7) is 7.95. The van der Waals surface area contributed by atoms with Gasteiger partial charge in [0.25, 0.3) is 5.91 Å². The van der Waals surface area contributed by atoms with Gasteiger partial charge in [0.2, 0.25) is 10.0 Å². The summed E-state index contributed by atoms with van der Waals surface area (Å²) in [7, 11) is -3.63. The van der Waals surface area contributed by atoms with Gasteiger partial charge in [-0.05, 0) is 55.7 Å². The number of nitrogens with one attached hydrogen (secondary N) is 1. The monoisotopic (exact) mass is 445 g/mol. The molecule has 31 heavy (non-hydrogen) atoms. The lowest BCUT2D eigenvalue weighted by atomic mass is 10.2. The minimum absolute atomic E-state index is 0.157. The average molecular weight is 446 g/mol. The molecule has 1 fully saturated rings.